The maximum Gasteiger partial charge on any atom is 0.0320 e. The van der Waals surface area contributed by atoms with E-state index in [9.17, 15) is 0 Å². The molecule has 0 radical (unpaired) electrons. The van der Waals surface area contributed by atoms with Gasteiger partial charge in [-0.1, -0.05) is 89.1 Å². The van der Waals surface area contributed by atoms with Crippen LogP contribution in [0, 0.1) is 0 Å². The van der Waals surface area contributed by atoms with Gasteiger partial charge in [0.2, 0.25) is 0 Å². The van der Waals surface area contributed by atoms with Crippen molar-refractivity contribution in [1.82, 2.24) is 5.32 Å². The maximum absolute atomic E-state index is 3.77. The number of unbranched alkanes of at least 4 members (excludes halogenated alkanes) is 6. The molecule has 1 N–H and O–H groups in total. The lowest BCUT2D eigenvalue weighted by Crippen LogP contribution is -2.22. The monoisotopic (exact) mass is 275 g/mol. The van der Waals surface area contributed by atoms with Gasteiger partial charge in [-0.25, -0.2) is 0 Å². The van der Waals surface area contributed by atoms with Gasteiger partial charge in [0.05, 0.1) is 0 Å². The minimum Gasteiger partial charge on any atom is -0.310 e. The van der Waals surface area contributed by atoms with Crippen LogP contribution in [0.1, 0.15) is 83.2 Å². The van der Waals surface area contributed by atoms with Crippen molar-refractivity contribution in [2.45, 2.75) is 77.7 Å². The lowest BCUT2D eigenvalue weighted by Gasteiger charge is -2.19. The number of hydrogen-bond donors (Lipinski definition) is 1. The molecule has 1 rings (SSSR count). The molecule has 114 valence electrons. The van der Waals surface area contributed by atoms with E-state index in [1.165, 1.54) is 63.4 Å². The van der Waals surface area contributed by atoms with Crippen LogP contribution in [0.25, 0.3) is 0 Å². The van der Waals surface area contributed by atoms with Crippen LogP contribution in [0.5, 0.6) is 0 Å². The summed E-state index contributed by atoms with van der Waals surface area (Å²) in [7, 11) is 0. The van der Waals surface area contributed by atoms with Crippen molar-refractivity contribution in [2.24, 2.45) is 0 Å². The highest BCUT2D eigenvalue weighted by Crippen LogP contribution is 2.19. The van der Waals surface area contributed by atoms with Crippen LogP contribution >= 0.6 is 0 Å². The average Bonchev–Trinajstić information content (AvgIpc) is 2.50. The van der Waals surface area contributed by atoms with Gasteiger partial charge in [-0.05, 0) is 24.9 Å². The van der Waals surface area contributed by atoms with Gasteiger partial charge in [0.25, 0.3) is 0 Å². The fourth-order valence-corrected chi connectivity index (χ4v) is 2.68. The van der Waals surface area contributed by atoms with Crippen LogP contribution in [0.15, 0.2) is 30.3 Å². The van der Waals surface area contributed by atoms with E-state index in [2.05, 4.69) is 49.5 Å². The molecule has 0 aromatic heterocycles. The Kier molecular flexibility index (Phi) is 10.3. The predicted molar refractivity (Wildman–Crippen MR) is 90.1 cm³/mol. The van der Waals surface area contributed by atoms with Crippen LogP contribution in [-0.2, 0) is 0 Å². The summed E-state index contributed by atoms with van der Waals surface area (Å²) in [5.41, 5.74) is 1.46. The molecular weight excluding hydrogens is 242 g/mol. The molecule has 0 aliphatic carbocycles. The molecule has 0 aliphatic heterocycles. The minimum absolute atomic E-state index is 0.550. The molecule has 0 bridgehead atoms. The zero-order valence-corrected chi connectivity index (χ0v) is 13.5. The second-order valence-corrected chi connectivity index (χ2v) is 5.83. The summed E-state index contributed by atoms with van der Waals surface area (Å²) < 4.78 is 0. The molecule has 0 saturated carbocycles. The number of nitrogens with one attached hydrogen (secondary N) is 1. The summed E-state index contributed by atoms with van der Waals surface area (Å²) in [6.45, 7) is 5.71. The Balaban J connectivity index is 2.31. The summed E-state index contributed by atoms with van der Waals surface area (Å²) in [6.07, 6.45) is 12.1. The van der Waals surface area contributed by atoms with Crippen LogP contribution in [0.2, 0.25) is 0 Å². The number of hydrogen-bond acceptors (Lipinski definition) is 1. The molecule has 20 heavy (non-hydrogen) atoms. The van der Waals surface area contributed by atoms with Crippen molar-refractivity contribution in [3.63, 3.8) is 0 Å². The van der Waals surface area contributed by atoms with Crippen molar-refractivity contribution in [2.75, 3.05) is 6.54 Å². The predicted octanol–water partition coefficient (Wildman–Crippen LogP) is 5.87. The van der Waals surface area contributed by atoms with Crippen molar-refractivity contribution < 1.29 is 0 Å². The van der Waals surface area contributed by atoms with Crippen molar-refractivity contribution in [1.29, 1.82) is 0 Å². The third-order valence-electron chi connectivity index (χ3n) is 3.97. The number of rotatable bonds is 12. The standard InChI is InChI=1S/C19H33N/c1-3-5-7-8-13-17-20-19(16-10-6-4-2)18-14-11-9-12-15-18/h9,11-12,14-15,19-20H,3-8,10,13,16-17H2,1-2H3. The van der Waals surface area contributed by atoms with E-state index in [-0.39, 0.29) is 0 Å². The quantitative estimate of drug-likeness (QED) is 0.470. The summed E-state index contributed by atoms with van der Waals surface area (Å²) in [4.78, 5) is 0. The van der Waals surface area contributed by atoms with Gasteiger partial charge in [0.15, 0.2) is 0 Å². The molecule has 0 saturated heterocycles. The number of benzene rings is 1. The highest BCUT2D eigenvalue weighted by molar-refractivity contribution is 5.18. The summed E-state index contributed by atoms with van der Waals surface area (Å²) in [6, 6.07) is 11.5. The first-order chi connectivity index (χ1) is 9.88. The summed E-state index contributed by atoms with van der Waals surface area (Å²) >= 11 is 0. The molecule has 1 aromatic rings. The Labute approximate surface area is 126 Å². The fourth-order valence-electron chi connectivity index (χ4n) is 2.68. The van der Waals surface area contributed by atoms with E-state index in [0.717, 1.165) is 6.54 Å². The molecule has 0 amide bonds. The Morgan fingerprint density at radius 1 is 0.800 bits per heavy atom. The Morgan fingerprint density at radius 2 is 1.45 bits per heavy atom. The second kappa shape index (κ2) is 12.0. The van der Waals surface area contributed by atoms with Gasteiger partial charge < -0.3 is 5.32 Å². The highest BCUT2D eigenvalue weighted by atomic mass is 14.9. The van der Waals surface area contributed by atoms with E-state index in [4.69, 9.17) is 0 Å². The minimum atomic E-state index is 0.550. The average molecular weight is 275 g/mol. The first-order valence-corrected chi connectivity index (χ1v) is 8.66. The molecule has 1 atom stereocenters. The Hall–Kier alpha value is -0.820. The van der Waals surface area contributed by atoms with E-state index in [0.29, 0.717) is 6.04 Å². The SMILES string of the molecule is CCCCCCCNC(CCCCC)c1ccccc1. The molecule has 1 heteroatoms. The van der Waals surface area contributed by atoms with E-state index < -0.39 is 0 Å². The fraction of sp³-hybridized carbons (Fsp3) is 0.684. The largest absolute Gasteiger partial charge is 0.310 e. The van der Waals surface area contributed by atoms with Crippen LogP contribution in [0.3, 0.4) is 0 Å². The lowest BCUT2D eigenvalue weighted by atomic mass is 10.00. The molecule has 0 heterocycles. The zero-order chi connectivity index (χ0) is 14.5. The van der Waals surface area contributed by atoms with E-state index >= 15 is 0 Å². The lowest BCUT2D eigenvalue weighted by molar-refractivity contribution is 0.461. The third kappa shape index (κ3) is 7.69. The Bertz CT molecular complexity index is 307. The highest BCUT2D eigenvalue weighted by Gasteiger charge is 2.09. The molecule has 1 unspecified atom stereocenters. The molecule has 1 aromatic carbocycles. The van der Waals surface area contributed by atoms with Gasteiger partial charge in [-0.3, -0.25) is 0 Å². The maximum atomic E-state index is 3.77. The van der Waals surface area contributed by atoms with Crippen LogP contribution < -0.4 is 5.32 Å². The zero-order valence-electron chi connectivity index (χ0n) is 13.5. The first kappa shape index (κ1) is 17.2. The summed E-state index contributed by atoms with van der Waals surface area (Å²) in [5, 5.41) is 3.77. The van der Waals surface area contributed by atoms with E-state index in [1.54, 1.807) is 0 Å². The Morgan fingerprint density at radius 3 is 2.15 bits per heavy atom. The van der Waals surface area contributed by atoms with Crippen molar-refractivity contribution in [3.05, 3.63) is 35.9 Å². The van der Waals surface area contributed by atoms with E-state index in [1.807, 2.05) is 0 Å². The third-order valence-corrected chi connectivity index (χ3v) is 3.97. The van der Waals surface area contributed by atoms with Crippen molar-refractivity contribution >= 4 is 0 Å². The normalized spacial score (nSPS) is 12.5. The van der Waals surface area contributed by atoms with Gasteiger partial charge in [0.1, 0.15) is 0 Å². The molecule has 0 fully saturated rings. The topological polar surface area (TPSA) is 12.0 Å². The van der Waals surface area contributed by atoms with Crippen LogP contribution in [0.4, 0.5) is 0 Å². The van der Waals surface area contributed by atoms with Gasteiger partial charge in [0, 0.05) is 6.04 Å². The molecule has 0 spiro atoms. The molecule has 1 nitrogen and oxygen atoms in total. The van der Waals surface area contributed by atoms with Crippen molar-refractivity contribution in [3.8, 4) is 0 Å². The first-order valence-electron chi connectivity index (χ1n) is 8.66. The molecular formula is C19H33N. The van der Waals surface area contributed by atoms with Gasteiger partial charge in [-0.15, -0.1) is 0 Å². The van der Waals surface area contributed by atoms with Crippen LogP contribution in [-0.4, -0.2) is 6.54 Å². The second-order valence-electron chi connectivity index (χ2n) is 5.83. The van der Waals surface area contributed by atoms with Gasteiger partial charge >= 0.3 is 0 Å². The summed E-state index contributed by atoms with van der Waals surface area (Å²) in [5.74, 6) is 0. The molecule has 0 aliphatic rings. The van der Waals surface area contributed by atoms with Gasteiger partial charge in [-0.2, -0.15) is 0 Å². The smallest absolute Gasteiger partial charge is 0.0320 e.